The standard InChI is InChI=1S/C14H17FN6O6/c15-9-10(23)14(6-22,18-19-16)27-11(9)21-5-3-8(17-13(21)26)20-4-1-2-7(20)12(24)25/h3,5,7,9-11,22-23H,1-2,4,6H2,(H,24,25)/t7-,9-,10?,11?,14+/m0/s1. The molecule has 1 aromatic heterocycles. The van der Waals surface area contributed by atoms with E-state index in [0.29, 0.717) is 19.4 Å². The van der Waals surface area contributed by atoms with Gasteiger partial charge in [-0.25, -0.2) is 14.0 Å². The summed E-state index contributed by atoms with van der Waals surface area (Å²) in [4.78, 5) is 31.3. The maximum atomic E-state index is 14.5. The Morgan fingerprint density at radius 3 is 2.93 bits per heavy atom. The number of carboxylic acid groups (broad SMARTS) is 1. The predicted octanol–water partition coefficient (Wildman–Crippen LogP) is -0.477. The van der Waals surface area contributed by atoms with Crippen LogP contribution in [-0.2, 0) is 9.53 Å². The lowest BCUT2D eigenvalue weighted by Gasteiger charge is -2.24. The minimum Gasteiger partial charge on any atom is -0.480 e. The molecular weight excluding hydrogens is 367 g/mol. The van der Waals surface area contributed by atoms with Gasteiger partial charge in [-0.3, -0.25) is 4.57 Å². The molecule has 0 aliphatic carbocycles. The van der Waals surface area contributed by atoms with E-state index >= 15 is 0 Å². The highest BCUT2D eigenvalue weighted by atomic mass is 19.1. The van der Waals surface area contributed by atoms with Crippen molar-refractivity contribution in [2.45, 2.75) is 43.1 Å². The second-order valence-corrected chi connectivity index (χ2v) is 6.26. The number of carboxylic acids is 1. The first-order chi connectivity index (χ1) is 12.8. The SMILES string of the molecule is [N-]=[N+]=N[C@]1(CO)OC(n2ccc(N3CCC[C@H]3C(=O)O)nc2=O)[C@@H](F)C1O. The van der Waals surface area contributed by atoms with E-state index in [2.05, 4.69) is 15.0 Å². The molecule has 2 unspecified atom stereocenters. The van der Waals surface area contributed by atoms with Crippen molar-refractivity contribution in [1.82, 2.24) is 9.55 Å². The Morgan fingerprint density at radius 2 is 2.33 bits per heavy atom. The molecule has 0 bridgehead atoms. The van der Waals surface area contributed by atoms with E-state index in [1.54, 1.807) is 0 Å². The van der Waals surface area contributed by atoms with Crippen molar-refractivity contribution < 1.29 is 29.2 Å². The summed E-state index contributed by atoms with van der Waals surface area (Å²) < 4.78 is 20.4. The van der Waals surface area contributed by atoms with Crippen LogP contribution in [0.4, 0.5) is 10.2 Å². The highest BCUT2D eigenvalue weighted by Crippen LogP contribution is 2.39. The van der Waals surface area contributed by atoms with Gasteiger partial charge in [0.05, 0.1) is 6.61 Å². The van der Waals surface area contributed by atoms with Crippen LogP contribution < -0.4 is 10.6 Å². The van der Waals surface area contributed by atoms with Crippen LogP contribution in [0.15, 0.2) is 22.2 Å². The van der Waals surface area contributed by atoms with Gasteiger partial charge in [0.15, 0.2) is 12.4 Å². The summed E-state index contributed by atoms with van der Waals surface area (Å²) in [6.07, 6.45) is -3.67. The average molecular weight is 384 g/mol. The van der Waals surface area contributed by atoms with Gasteiger partial charge in [-0.15, -0.1) is 0 Å². The summed E-state index contributed by atoms with van der Waals surface area (Å²) in [5, 5.41) is 31.7. The van der Waals surface area contributed by atoms with Gasteiger partial charge in [0, 0.05) is 17.7 Å². The number of rotatable bonds is 5. The van der Waals surface area contributed by atoms with Gasteiger partial charge in [-0.1, -0.05) is 5.11 Å². The molecule has 0 saturated carbocycles. The molecule has 3 rings (SSSR count). The minimum absolute atomic E-state index is 0.124. The maximum absolute atomic E-state index is 14.5. The molecule has 13 heteroatoms. The van der Waals surface area contributed by atoms with Crippen LogP contribution in [0.5, 0.6) is 0 Å². The summed E-state index contributed by atoms with van der Waals surface area (Å²) >= 11 is 0. The topological polar surface area (TPSA) is 174 Å². The number of alkyl halides is 1. The maximum Gasteiger partial charge on any atom is 0.351 e. The first kappa shape index (κ1) is 19.0. The molecule has 2 fully saturated rings. The molecular formula is C14H17FN6O6. The van der Waals surface area contributed by atoms with E-state index in [4.69, 9.17) is 10.3 Å². The minimum atomic E-state index is -2.26. The fraction of sp³-hybridized carbons (Fsp3) is 0.643. The Labute approximate surface area is 151 Å². The van der Waals surface area contributed by atoms with Crippen LogP contribution >= 0.6 is 0 Å². The van der Waals surface area contributed by atoms with Gasteiger partial charge < -0.3 is 25.0 Å². The van der Waals surface area contributed by atoms with Crippen LogP contribution in [0.3, 0.4) is 0 Å². The van der Waals surface area contributed by atoms with Crippen molar-refractivity contribution in [3.05, 3.63) is 33.2 Å². The number of anilines is 1. The van der Waals surface area contributed by atoms with Gasteiger partial charge in [-0.05, 0) is 24.4 Å². The highest BCUT2D eigenvalue weighted by molar-refractivity contribution is 5.78. The number of nitrogens with zero attached hydrogens (tertiary/aromatic N) is 6. The lowest BCUT2D eigenvalue weighted by atomic mass is 10.1. The van der Waals surface area contributed by atoms with Crippen molar-refractivity contribution in [2.75, 3.05) is 18.1 Å². The Morgan fingerprint density at radius 1 is 1.59 bits per heavy atom. The van der Waals surface area contributed by atoms with Crippen LogP contribution in [-0.4, -0.2) is 68.0 Å². The number of aromatic nitrogens is 2. The van der Waals surface area contributed by atoms with Crippen LogP contribution in [0.1, 0.15) is 19.1 Å². The number of hydrogen-bond acceptors (Lipinski definition) is 8. The molecule has 2 aliphatic rings. The van der Waals surface area contributed by atoms with Gasteiger partial charge in [-0.2, -0.15) is 4.98 Å². The monoisotopic (exact) mass is 384 g/mol. The fourth-order valence-corrected chi connectivity index (χ4v) is 3.33. The molecule has 1 aromatic rings. The van der Waals surface area contributed by atoms with Crippen molar-refractivity contribution in [1.29, 1.82) is 0 Å². The van der Waals surface area contributed by atoms with Crippen molar-refractivity contribution in [3.63, 3.8) is 0 Å². The van der Waals surface area contributed by atoms with E-state index in [1.165, 1.54) is 11.0 Å². The van der Waals surface area contributed by atoms with Crippen LogP contribution in [0.2, 0.25) is 0 Å². The zero-order chi connectivity index (χ0) is 19.8. The van der Waals surface area contributed by atoms with Gasteiger partial charge in [0.2, 0.25) is 5.72 Å². The summed E-state index contributed by atoms with van der Waals surface area (Å²) in [6.45, 7) is -0.591. The number of ether oxygens (including phenoxy) is 1. The van der Waals surface area contributed by atoms with Crippen molar-refractivity contribution >= 4 is 11.8 Å². The fourth-order valence-electron chi connectivity index (χ4n) is 3.33. The number of carbonyl (C=O) groups is 1. The van der Waals surface area contributed by atoms with E-state index in [-0.39, 0.29) is 5.82 Å². The third-order valence-corrected chi connectivity index (χ3v) is 4.72. The van der Waals surface area contributed by atoms with Gasteiger partial charge in [0.25, 0.3) is 0 Å². The Bertz CT molecular complexity index is 844. The first-order valence-corrected chi connectivity index (χ1v) is 8.10. The van der Waals surface area contributed by atoms with Crippen molar-refractivity contribution in [2.24, 2.45) is 5.11 Å². The summed E-state index contributed by atoms with van der Waals surface area (Å²) in [7, 11) is 0. The summed E-state index contributed by atoms with van der Waals surface area (Å²) in [5.74, 6) is -0.912. The van der Waals surface area contributed by atoms with Gasteiger partial charge in [0.1, 0.15) is 18.0 Å². The Hall–Kier alpha value is -2.73. The normalized spacial score (nSPS) is 33.1. The number of aliphatic hydroxyl groups is 2. The molecule has 2 aliphatic heterocycles. The van der Waals surface area contributed by atoms with E-state index in [9.17, 15) is 29.3 Å². The quantitative estimate of drug-likeness (QED) is 0.347. The number of halogens is 1. The second kappa shape index (κ2) is 7.12. The summed E-state index contributed by atoms with van der Waals surface area (Å²) in [6, 6.07) is 0.524. The van der Waals surface area contributed by atoms with E-state index in [0.717, 1.165) is 10.8 Å². The van der Waals surface area contributed by atoms with E-state index in [1.807, 2.05) is 0 Å². The number of aliphatic hydroxyl groups excluding tert-OH is 2. The molecule has 27 heavy (non-hydrogen) atoms. The Kier molecular flexibility index (Phi) is 5.02. The van der Waals surface area contributed by atoms with Crippen molar-refractivity contribution in [3.8, 4) is 0 Å². The average Bonchev–Trinajstić information content (AvgIpc) is 3.22. The molecule has 12 nitrogen and oxygen atoms in total. The Balaban J connectivity index is 1.92. The molecule has 0 spiro atoms. The largest absolute Gasteiger partial charge is 0.480 e. The highest BCUT2D eigenvalue weighted by Gasteiger charge is 2.56. The van der Waals surface area contributed by atoms with Gasteiger partial charge >= 0.3 is 11.7 Å². The molecule has 3 N–H and O–H groups in total. The third-order valence-electron chi connectivity index (χ3n) is 4.72. The molecule has 0 aromatic carbocycles. The summed E-state index contributed by atoms with van der Waals surface area (Å²) in [5.41, 5.74) is 5.36. The number of azide groups is 1. The number of aliphatic carboxylic acids is 1. The zero-order valence-corrected chi connectivity index (χ0v) is 13.9. The molecule has 146 valence electrons. The molecule has 0 radical (unpaired) electrons. The molecule has 0 amide bonds. The zero-order valence-electron chi connectivity index (χ0n) is 13.9. The second-order valence-electron chi connectivity index (χ2n) is 6.26. The third kappa shape index (κ3) is 3.10. The van der Waals surface area contributed by atoms with E-state index < -0.39 is 48.5 Å². The lowest BCUT2D eigenvalue weighted by Crippen LogP contribution is -2.43. The number of hydrogen-bond donors (Lipinski definition) is 3. The molecule has 5 atom stereocenters. The van der Waals surface area contributed by atoms with Crippen LogP contribution in [0, 0.1) is 0 Å². The lowest BCUT2D eigenvalue weighted by molar-refractivity contribution is -0.138. The first-order valence-electron chi connectivity index (χ1n) is 8.10. The van der Waals surface area contributed by atoms with Crippen LogP contribution in [0.25, 0.3) is 10.4 Å². The smallest absolute Gasteiger partial charge is 0.351 e. The molecule has 3 heterocycles. The predicted molar refractivity (Wildman–Crippen MR) is 86.5 cm³/mol. The molecule has 2 saturated heterocycles.